The highest BCUT2D eigenvalue weighted by atomic mass is 32.1. The summed E-state index contributed by atoms with van der Waals surface area (Å²) in [5, 5.41) is 0.490. The van der Waals surface area contributed by atoms with E-state index in [1.54, 1.807) is 32.2 Å². The van der Waals surface area contributed by atoms with Crippen molar-refractivity contribution < 1.29 is 14.3 Å². The largest absolute Gasteiger partial charge is 0.493 e. The molecule has 0 bridgehead atoms. The Balaban J connectivity index is 2.37. The van der Waals surface area contributed by atoms with Gasteiger partial charge in [-0.05, 0) is 42.9 Å². The predicted molar refractivity (Wildman–Crippen MR) is 85.3 cm³/mol. The lowest BCUT2D eigenvalue weighted by Gasteiger charge is -2.12. The Hall–Kier alpha value is -2.08. The van der Waals surface area contributed by atoms with Crippen molar-refractivity contribution in [1.82, 2.24) is 9.80 Å². The first-order valence-electron chi connectivity index (χ1n) is 6.57. The number of carbonyl (C=O) groups excluding carboxylic acids is 1. The topological polar surface area (TPSA) is 42.0 Å². The quantitative estimate of drug-likeness (QED) is 0.630. The minimum absolute atomic E-state index is 0.115. The molecule has 6 heteroatoms. The van der Waals surface area contributed by atoms with Gasteiger partial charge in [0.25, 0.3) is 5.91 Å². The molecule has 5 nitrogen and oxygen atoms in total. The Morgan fingerprint density at radius 2 is 1.95 bits per heavy atom. The van der Waals surface area contributed by atoms with Gasteiger partial charge in [0, 0.05) is 14.1 Å². The molecular formula is C15H18N2O3S. The van der Waals surface area contributed by atoms with Crippen LogP contribution in [0.5, 0.6) is 11.5 Å². The normalized spacial score (nSPS) is 16.9. The summed E-state index contributed by atoms with van der Waals surface area (Å²) in [6.07, 6.45) is 1.79. The van der Waals surface area contributed by atoms with Crippen LogP contribution in [0.3, 0.4) is 0 Å². The Morgan fingerprint density at radius 1 is 1.24 bits per heavy atom. The van der Waals surface area contributed by atoms with Crippen LogP contribution in [0.4, 0.5) is 0 Å². The van der Waals surface area contributed by atoms with Gasteiger partial charge in [0.1, 0.15) is 5.70 Å². The molecule has 2 rings (SSSR count). The van der Waals surface area contributed by atoms with Crippen LogP contribution in [0.1, 0.15) is 12.5 Å². The molecule has 1 aromatic rings. The summed E-state index contributed by atoms with van der Waals surface area (Å²) in [6.45, 7) is 2.48. The van der Waals surface area contributed by atoms with Gasteiger partial charge in [-0.25, -0.2) is 0 Å². The van der Waals surface area contributed by atoms with E-state index < -0.39 is 0 Å². The maximum Gasteiger partial charge on any atom is 0.276 e. The average molecular weight is 306 g/mol. The third-order valence-corrected chi connectivity index (χ3v) is 3.80. The number of nitrogens with zero attached hydrogens (tertiary/aromatic N) is 2. The number of hydrogen-bond acceptors (Lipinski definition) is 4. The molecule has 0 unspecified atom stereocenters. The second kappa shape index (κ2) is 6.13. The molecule has 0 spiro atoms. The first-order chi connectivity index (χ1) is 9.99. The van der Waals surface area contributed by atoms with E-state index in [9.17, 15) is 4.79 Å². The number of likely N-dealkylation sites (N-methyl/N-ethyl adjacent to an activating group) is 2. The Labute approximate surface area is 129 Å². The van der Waals surface area contributed by atoms with Gasteiger partial charge in [-0.15, -0.1) is 0 Å². The monoisotopic (exact) mass is 306 g/mol. The summed E-state index contributed by atoms with van der Waals surface area (Å²) in [4.78, 5) is 15.3. The summed E-state index contributed by atoms with van der Waals surface area (Å²) >= 11 is 5.18. The van der Waals surface area contributed by atoms with Crippen molar-refractivity contribution in [2.75, 3.05) is 27.8 Å². The van der Waals surface area contributed by atoms with Crippen molar-refractivity contribution in [3.8, 4) is 11.5 Å². The fourth-order valence-corrected chi connectivity index (χ4v) is 2.28. The molecule has 0 N–H and O–H groups in total. The summed E-state index contributed by atoms with van der Waals surface area (Å²) in [6, 6.07) is 5.54. The van der Waals surface area contributed by atoms with Crippen molar-refractivity contribution in [3.05, 3.63) is 29.5 Å². The first-order valence-corrected chi connectivity index (χ1v) is 6.98. The number of amides is 1. The summed E-state index contributed by atoms with van der Waals surface area (Å²) in [5.74, 6) is 1.20. The summed E-state index contributed by atoms with van der Waals surface area (Å²) < 4.78 is 10.8. The SMILES string of the molecule is CCOc1ccc(/C=C2/C(=O)N(C)C(=S)N2C)cc1OC. The fourth-order valence-electron chi connectivity index (χ4n) is 2.10. The Morgan fingerprint density at radius 3 is 2.48 bits per heavy atom. The van der Waals surface area contributed by atoms with Crippen molar-refractivity contribution in [2.45, 2.75) is 6.92 Å². The number of hydrogen-bond donors (Lipinski definition) is 0. The molecule has 1 saturated heterocycles. The minimum Gasteiger partial charge on any atom is -0.493 e. The smallest absolute Gasteiger partial charge is 0.276 e. The standard InChI is InChI=1S/C15H18N2O3S/c1-5-20-12-7-6-10(9-13(12)19-4)8-11-14(18)17(3)15(21)16(11)2/h6-9H,5H2,1-4H3/b11-8-. The molecule has 0 atom stereocenters. The van der Waals surface area contributed by atoms with Gasteiger partial charge in [-0.2, -0.15) is 0 Å². The van der Waals surface area contributed by atoms with Crippen molar-refractivity contribution in [3.63, 3.8) is 0 Å². The van der Waals surface area contributed by atoms with Crippen molar-refractivity contribution in [1.29, 1.82) is 0 Å². The highest BCUT2D eigenvalue weighted by molar-refractivity contribution is 7.80. The van der Waals surface area contributed by atoms with Gasteiger partial charge in [0.05, 0.1) is 13.7 Å². The second-order valence-corrected chi connectivity index (χ2v) is 4.94. The van der Waals surface area contributed by atoms with Gasteiger partial charge in [-0.3, -0.25) is 9.69 Å². The number of methoxy groups -OCH3 is 1. The predicted octanol–water partition coefficient (Wildman–Crippen LogP) is 2.12. The molecule has 0 aliphatic carbocycles. The summed E-state index contributed by atoms with van der Waals surface area (Å²) in [5.41, 5.74) is 1.39. The van der Waals surface area contributed by atoms with E-state index >= 15 is 0 Å². The molecule has 0 radical (unpaired) electrons. The lowest BCUT2D eigenvalue weighted by Crippen LogP contribution is -2.26. The van der Waals surface area contributed by atoms with E-state index in [0.717, 1.165) is 5.56 Å². The number of thiocarbonyl (C=S) groups is 1. The molecule has 0 saturated carbocycles. The van der Waals surface area contributed by atoms with E-state index in [2.05, 4.69) is 0 Å². The highest BCUT2D eigenvalue weighted by Gasteiger charge is 2.32. The maximum atomic E-state index is 12.1. The zero-order valence-electron chi connectivity index (χ0n) is 12.5. The zero-order chi connectivity index (χ0) is 15.6. The third kappa shape index (κ3) is 2.85. The van der Waals surface area contributed by atoms with E-state index in [1.165, 1.54) is 4.90 Å². The van der Waals surface area contributed by atoms with Crippen LogP contribution in [0, 0.1) is 0 Å². The number of benzene rings is 1. The highest BCUT2D eigenvalue weighted by Crippen LogP contribution is 2.30. The molecule has 21 heavy (non-hydrogen) atoms. The maximum absolute atomic E-state index is 12.1. The summed E-state index contributed by atoms with van der Waals surface area (Å²) in [7, 11) is 5.03. The van der Waals surface area contributed by atoms with Crippen LogP contribution in [0.2, 0.25) is 0 Å². The van der Waals surface area contributed by atoms with Gasteiger partial charge < -0.3 is 14.4 Å². The molecule has 112 valence electrons. The number of rotatable bonds is 4. The Bertz CT molecular complexity index is 613. The van der Waals surface area contributed by atoms with Crippen LogP contribution in [0.15, 0.2) is 23.9 Å². The number of ether oxygens (including phenoxy) is 2. The lowest BCUT2D eigenvalue weighted by molar-refractivity contribution is -0.121. The molecule has 1 fully saturated rings. The molecule has 1 aliphatic rings. The molecule has 1 aromatic carbocycles. The molecular weight excluding hydrogens is 288 g/mol. The third-order valence-electron chi connectivity index (χ3n) is 3.25. The Kier molecular flexibility index (Phi) is 4.47. The van der Waals surface area contributed by atoms with Crippen molar-refractivity contribution >= 4 is 29.3 Å². The molecule has 0 aromatic heterocycles. The van der Waals surface area contributed by atoms with Crippen LogP contribution < -0.4 is 9.47 Å². The lowest BCUT2D eigenvalue weighted by atomic mass is 10.1. The minimum atomic E-state index is -0.115. The molecule has 1 heterocycles. The zero-order valence-corrected chi connectivity index (χ0v) is 13.4. The van der Waals surface area contributed by atoms with Crippen LogP contribution in [0.25, 0.3) is 6.08 Å². The average Bonchev–Trinajstić information content (AvgIpc) is 2.67. The molecule has 1 amide bonds. The van der Waals surface area contributed by atoms with Crippen molar-refractivity contribution in [2.24, 2.45) is 0 Å². The van der Waals surface area contributed by atoms with Gasteiger partial charge in [0.15, 0.2) is 16.6 Å². The van der Waals surface area contributed by atoms with E-state index in [0.29, 0.717) is 28.9 Å². The van der Waals surface area contributed by atoms with Crippen LogP contribution >= 0.6 is 12.2 Å². The van der Waals surface area contributed by atoms with Gasteiger partial charge in [0.2, 0.25) is 0 Å². The molecule has 1 aliphatic heterocycles. The van der Waals surface area contributed by atoms with E-state index in [-0.39, 0.29) is 5.91 Å². The second-order valence-electron chi connectivity index (χ2n) is 4.58. The number of carbonyl (C=O) groups is 1. The van der Waals surface area contributed by atoms with E-state index in [4.69, 9.17) is 21.7 Å². The van der Waals surface area contributed by atoms with Crippen LogP contribution in [-0.4, -0.2) is 48.6 Å². The van der Waals surface area contributed by atoms with Gasteiger partial charge >= 0.3 is 0 Å². The van der Waals surface area contributed by atoms with Gasteiger partial charge in [-0.1, -0.05) is 6.07 Å². The first kappa shape index (κ1) is 15.3. The van der Waals surface area contributed by atoms with Crippen LogP contribution in [-0.2, 0) is 4.79 Å². The fraction of sp³-hybridized carbons (Fsp3) is 0.333. The van der Waals surface area contributed by atoms with E-state index in [1.807, 2.05) is 25.1 Å².